The summed E-state index contributed by atoms with van der Waals surface area (Å²) in [5, 5.41) is 19.0. The van der Waals surface area contributed by atoms with Crippen LogP contribution in [0, 0.1) is 5.92 Å². The van der Waals surface area contributed by atoms with Gasteiger partial charge in [0, 0.05) is 0 Å². The number of aliphatic hydroxyl groups excluding tert-OH is 1. The third-order valence-corrected chi connectivity index (χ3v) is 3.30. The zero-order valence-electron chi connectivity index (χ0n) is 8.89. The topological polar surface area (TPSA) is 40.5 Å². The number of aromatic hydroxyl groups is 1. The van der Waals surface area contributed by atoms with Crippen LogP contribution in [0.2, 0.25) is 0 Å². The second-order valence-corrected chi connectivity index (χ2v) is 4.48. The van der Waals surface area contributed by atoms with Gasteiger partial charge in [0.2, 0.25) is 0 Å². The van der Waals surface area contributed by atoms with Gasteiger partial charge in [0.25, 0.3) is 0 Å². The van der Waals surface area contributed by atoms with E-state index in [-0.39, 0.29) is 6.10 Å². The standard InChI is InChI=1S/C13H18O2/c14-12-7-5-10(6-8-12)9-11-3-1-2-4-13(11)15/h5-8,11,13-15H,1-4,9H2/t11-,13+/m1/s1. The number of hydrogen-bond donors (Lipinski definition) is 2. The van der Waals surface area contributed by atoms with Crippen LogP contribution in [0.4, 0.5) is 0 Å². The summed E-state index contributed by atoms with van der Waals surface area (Å²) >= 11 is 0. The van der Waals surface area contributed by atoms with Gasteiger partial charge in [0.15, 0.2) is 0 Å². The summed E-state index contributed by atoms with van der Waals surface area (Å²) in [7, 11) is 0. The molecule has 2 rings (SSSR count). The number of benzene rings is 1. The first-order chi connectivity index (χ1) is 7.25. The van der Waals surface area contributed by atoms with E-state index in [0.717, 1.165) is 25.7 Å². The van der Waals surface area contributed by atoms with Gasteiger partial charge in [-0.3, -0.25) is 0 Å². The molecule has 0 radical (unpaired) electrons. The summed E-state index contributed by atoms with van der Waals surface area (Å²) in [6.45, 7) is 0. The Hall–Kier alpha value is -1.02. The maximum Gasteiger partial charge on any atom is 0.115 e. The van der Waals surface area contributed by atoms with Gasteiger partial charge in [0.05, 0.1) is 6.10 Å². The predicted octanol–water partition coefficient (Wildman–Crippen LogP) is 2.49. The normalized spacial score (nSPS) is 26.5. The Morgan fingerprint density at radius 2 is 1.73 bits per heavy atom. The zero-order valence-corrected chi connectivity index (χ0v) is 8.89. The summed E-state index contributed by atoms with van der Waals surface area (Å²) in [5.41, 5.74) is 1.21. The minimum absolute atomic E-state index is 0.132. The molecular weight excluding hydrogens is 188 g/mol. The first kappa shape index (κ1) is 10.5. The van der Waals surface area contributed by atoms with E-state index in [2.05, 4.69) is 0 Å². The molecule has 1 fully saturated rings. The molecule has 0 bridgehead atoms. The highest BCUT2D eigenvalue weighted by Crippen LogP contribution is 2.27. The van der Waals surface area contributed by atoms with Crippen molar-refractivity contribution in [3.8, 4) is 5.75 Å². The number of rotatable bonds is 2. The average molecular weight is 206 g/mol. The molecule has 0 aliphatic heterocycles. The largest absolute Gasteiger partial charge is 0.508 e. The van der Waals surface area contributed by atoms with Crippen molar-refractivity contribution >= 4 is 0 Å². The maximum absolute atomic E-state index is 9.84. The van der Waals surface area contributed by atoms with E-state index in [1.54, 1.807) is 12.1 Å². The monoisotopic (exact) mass is 206 g/mol. The second kappa shape index (κ2) is 4.67. The van der Waals surface area contributed by atoms with Crippen LogP contribution in [-0.2, 0) is 6.42 Å². The summed E-state index contributed by atoms with van der Waals surface area (Å²) in [5.74, 6) is 0.714. The van der Waals surface area contributed by atoms with E-state index < -0.39 is 0 Å². The Labute approximate surface area is 90.6 Å². The van der Waals surface area contributed by atoms with Crippen molar-refractivity contribution in [2.75, 3.05) is 0 Å². The Kier molecular flexibility index (Phi) is 3.27. The van der Waals surface area contributed by atoms with Crippen molar-refractivity contribution in [2.24, 2.45) is 5.92 Å². The molecule has 0 saturated heterocycles. The van der Waals surface area contributed by atoms with Gasteiger partial charge >= 0.3 is 0 Å². The first-order valence-electron chi connectivity index (χ1n) is 5.71. The van der Waals surface area contributed by atoms with Crippen LogP contribution in [0.25, 0.3) is 0 Å². The lowest BCUT2D eigenvalue weighted by Crippen LogP contribution is -2.26. The van der Waals surface area contributed by atoms with Crippen LogP contribution in [-0.4, -0.2) is 16.3 Å². The summed E-state index contributed by atoms with van der Waals surface area (Å²) in [4.78, 5) is 0. The average Bonchev–Trinajstić information content (AvgIpc) is 2.25. The van der Waals surface area contributed by atoms with Gasteiger partial charge in [-0.05, 0) is 42.9 Å². The highest BCUT2D eigenvalue weighted by atomic mass is 16.3. The van der Waals surface area contributed by atoms with E-state index in [0.29, 0.717) is 11.7 Å². The molecular formula is C13H18O2. The Bertz CT molecular complexity index is 305. The van der Waals surface area contributed by atoms with Crippen LogP contribution >= 0.6 is 0 Å². The molecule has 0 unspecified atom stereocenters. The lowest BCUT2D eigenvalue weighted by atomic mass is 9.82. The van der Waals surface area contributed by atoms with Crippen molar-refractivity contribution in [3.63, 3.8) is 0 Å². The molecule has 0 aromatic heterocycles. The Balaban J connectivity index is 1.98. The number of phenolic OH excluding ortho intramolecular Hbond substituents is 1. The molecule has 1 aromatic rings. The zero-order chi connectivity index (χ0) is 10.7. The Morgan fingerprint density at radius 3 is 2.40 bits per heavy atom. The van der Waals surface area contributed by atoms with E-state index >= 15 is 0 Å². The van der Waals surface area contributed by atoms with Gasteiger partial charge in [-0.2, -0.15) is 0 Å². The SMILES string of the molecule is Oc1ccc(C[C@H]2CCCC[C@@H]2O)cc1. The van der Waals surface area contributed by atoms with E-state index in [4.69, 9.17) is 5.11 Å². The minimum atomic E-state index is -0.132. The lowest BCUT2D eigenvalue weighted by molar-refractivity contribution is 0.0700. The quantitative estimate of drug-likeness (QED) is 0.780. The summed E-state index contributed by atoms with van der Waals surface area (Å²) in [6, 6.07) is 7.31. The van der Waals surface area contributed by atoms with Crippen molar-refractivity contribution in [3.05, 3.63) is 29.8 Å². The third kappa shape index (κ3) is 2.72. The predicted molar refractivity (Wildman–Crippen MR) is 59.8 cm³/mol. The highest BCUT2D eigenvalue weighted by molar-refractivity contribution is 5.26. The van der Waals surface area contributed by atoms with Crippen molar-refractivity contribution in [1.82, 2.24) is 0 Å². The van der Waals surface area contributed by atoms with E-state index in [9.17, 15) is 5.11 Å². The second-order valence-electron chi connectivity index (χ2n) is 4.48. The van der Waals surface area contributed by atoms with Crippen LogP contribution in [0.15, 0.2) is 24.3 Å². The molecule has 82 valence electrons. The molecule has 1 aliphatic carbocycles. The van der Waals surface area contributed by atoms with Crippen molar-refractivity contribution < 1.29 is 10.2 Å². The van der Waals surface area contributed by atoms with Gasteiger partial charge in [-0.25, -0.2) is 0 Å². The maximum atomic E-state index is 9.84. The molecule has 2 heteroatoms. The van der Waals surface area contributed by atoms with Crippen LogP contribution in [0.1, 0.15) is 31.2 Å². The van der Waals surface area contributed by atoms with Crippen LogP contribution in [0.5, 0.6) is 5.75 Å². The van der Waals surface area contributed by atoms with Gasteiger partial charge in [-0.1, -0.05) is 25.0 Å². The molecule has 1 aliphatic rings. The van der Waals surface area contributed by atoms with Crippen LogP contribution in [0.3, 0.4) is 0 Å². The molecule has 2 atom stereocenters. The minimum Gasteiger partial charge on any atom is -0.508 e. The smallest absolute Gasteiger partial charge is 0.115 e. The van der Waals surface area contributed by atoms with Gasteiger partial charge < -0.3 is 10.2 Å². The Morgan fingerprint density at radius 1 is 1.07 bits per heavy atom. The van der Waals surface area contributed by atoms with E-state index in [1.807, 2.05) is 12.1 Å². The molecule has 2 nitrogen and oxygen atoms in total. The molecule has 1 aromatic carbocycles. The lowest BCUT2D eigenvalue weighted by Gasteiger charge is -2.27. The van der Waals surface area contributed by atoms with Gasteiger partial charge in [0.1, 0.15) is 5.75 Å². The molecule has 0 spiro atoms. The van der Waals surface area contributed by atoms with Gasteiger partial charge in [-0.15, -0.1) is 0 Å². The summed E-state index contributed by atoms with van der Waals surface area (Å²) < 4.78 is 0. The molecule has 0 amide bonds. The van der Waals surface area contributed by atoms with Crippen LogP contribution < -0.4 is 0 Å². The molecule has 0 heterocycles. The molecule has 1 saturated carbocycles. The van der Waals surface area contributed by atoms with Crippen molar-refractivity contribution in [2.45, 2.75) is 38.2 Å². The number of phenols is 1. The third-order valence-electron chi connectivity index (χ3n) is 3.30. The number of aliphatic hydroxyl groups is 1. The number of hydrogen-bond acceptors (Lipinski definition) is 2. The fraction of sp³-hybridized carbons (Fsp3) is 0.538. The van der Waals surface area contributed by atoms with E-state index in [1.165, 1.54) is 12.0 Å². The first-order valence-corrected chi connectivity index (χ1v) is 5.71. The summed E-state index contributed by atoms with van der Waals surface area (Å²) in [6.07, 6.45) is 5.27. The molecule has 15 heavy (non-hydrogen) atoms. The fourth-order valence-electron chi connectivity index (χ4n) is 2.36. The fourth-order valence-corrected chi connectivity index (χ4v) is 2.36. The molecule has 2 N–H and O–H groups in total. The highest BCUT2D eigenvalue weighted by Gasteiger charge is 2.22. The van der Waals surface area contributed by atoms with Crippen molar-refractivity contribution in [1.29, 1.82) is 0 Å².